The van der Waals surface area contributed by atoms with Crippen LogP contribution in [-0.2, 0) is 6.54 Å². The smallest absolute Gasteiger partial charge is 0.0956 e. The first-order valence-electron chi connectivity index (χ1n) is 2.93. The molecule has 11 heavy (non-hydrogen) atoms. The van der Waals surface area contributed by atoms with E-state index in [1.807, 2.05) is 0 Å². The minimum absolute atomic E-state index is 0.521. The number of azo groups is 1. The zero-order valence-corrected chi connectivity index (χ0v) is 8.17. The molecule has 0 saturated heterocycles. The van der Waals surface area contributed by atoms with Gasteiger partial charge in [-0.25, -0.2) is 0 Å². The third kappa shape index (κ3) is 2.43. The Hall–Kier alpha value is -0.120. The van der Waals surface area contributed by atoms with Crippen molar-refractivity contribution in [3.05, 3.63) is 20.3 Å². The molecular weight excluding hydrogens is 203 g/mol. The molecule has 0 aromatic carbocycles. The molecule has 0 unspecified atom stereocenters. The lowest BCUT2D eigenvalue weighted by molar-refractivity contribution is 0.951. The highest BCUT2D eigenvalue weighted by molar-refractivity contribution is 7.16. The Kier molecular flexibility index (Phi) is 3.30. The van der Waals surface area contributed by atoms with Crippen LogP contribution in [0.2, 0.25) is 9.36 Å². The number of nitrogens with zero attached hydrogens (tertiary/aromatic N) is 2. The van der Waals surface area contributed by atoms with Crippen LogP contribution in [0.5, 0.6) is 0 Å². The standard InChI is InChI=1S/C6H6Cl2N2S/c1-9-10-3-5-4(7)2-6(8)11-5/h2H,3H2,1H3. The SMILES string of the molecule is CN=NCc1sc(Cl)cc1Cl. The summed E-state index contributed by atoms with van der Waals surface area (Å²) >= 11 is 12.9. The van der Waals surface area contributed by atoms with Crippen LogP contribution < -0.4 is 0 Å². The summed E-state index contributed by atoms with van der Waals surface area (Å²) in [5.41, 5.74) is 0. The van der Waals surface area contributed by atoms with E-state index >= 15 is 0 Å². The molecule has 0 atom stereocenters. The molecule has 0 aliphatic rings. The van der Waals surface area contributed by atoms with Crippen LogP contribution in [0.4, 0.5) is 0 Å². The summed E-state index contributed by atoms with van der Waals surface area (Å²) in [6, 6.07) is 1.72. The summed E-state index contributed by atoms with van der Waals surface area (Å²) < 4.78 is 0.691. The summed E-state index contributed by atoms with van der Waals surface area (Å²) in [6.07, 6.45) is 0. The van der Waals surface area contributed by atoms with Crippen LogP contribution in [0, 0.1) is 0 Å². The van der Waals surface area contributed by atoms with E-state index in [1.165, 1.54) is 11.3 Å². The average Bonchev–Trinajstić information content (AvgIpc) is 2.26. The Labute approximate surface area is 78.9 Å². The van der Waals surface area contributed by atoms with Gasteiger partial charge in [-0.05, 0) is 6.07 Å². The van der Waals surface area contributed by atoms with Gasteiger partial charge in [-0.2, -0.15) is 10.2 Å². The van der Waals surface area contributed by atoms with Crippen LogP contribution in [0.15, 0.2) is 16.3 Å². The van der Waals surface area contributed by atoms with Gasteiger partial charge in [0.1, 0.15) is 0 Å². The molecule has 0 fully saturated rings. The Morgan fingerprint density at radius 3 is 2.73 bits per heavy atom. The largest absolute Gasteiger partial charge is 0.197 e. The van der Waals surface area contributed by atoms with Crippen molar-refractivity contribution >= 4 is 34.5 Å². The first-order chi connectivity index (χ1) is 5.24. The maximum atomic E-state index is 5.81. The van der Waals surface area contributed by atoms with Gasteiger partial charge in [0.25, 0.3) is 0 Å². The number of halogens is 2. The average molecular weight is 209 g/mol. The van der Waals surface area contributed by atoms with Gasteiger partial charge in [0.15, 0.2) is 0 Å². The lowest BCUT2D eigenvalue weighted by Crippen LogP contribution is -1.71. The molecule has 0 aliphatic heterocycles. The predicted molar refractivity (Wildman–Crippen MR) is 48.8 cm³/mol. The van der Waals surface area contributed by atoms with E-state index in [0.717, 1.165) is 4.88 Å². The van der Waals surface area contributed by atoms with Gasteiger partial charge in [-0.3, -0.25) is 0 Å². The Morgan fingerprint density at radius 1 is 1.55 bits per heavy atom. The summed E-state index contributed by atoms with van der Waals surface area (Å²) in [6.45, 7) is 0.521. The van der Waals surface area contributed by atoms with E-state index in [2.05, 4.69) is 10.2 Å². The quantitative estimate of drug-likeness (QED) is 0.664. The lowest BCUT2D eigenvalue weighted by atomic mass is 10.5. The molecular formula is C6H6Cl2N2S. The van der Waals surface area contributed by atoms with Crippen LogP contribution in [0.25, 0.3) is 0 Å². The second kappa shape index (κ2) is 4.04. The first kappa shape index (κ1) is 8.97. The molecule has 1 aromatic rings. The number of thiophene rings is 1. The van der Waals surface area contributed by atoms with E-state index in [9.17, 15) is 0 Å². The summed E-state index contributed by atoms with van der Waals surface area (Å²) in [5.74, 6) is 0. The molecule has 5 heteroatoms. The van der Waals surface area contributed by atoms with Gasteiger partial charge < -0.3 is 0 Å². The zero-order valence-electron chi connectivity index (χ0n) is 5.84. The van der Waals surface area contributed by atoms with Crippen molar-refractivity contribution in [2.24, 2.45) is 10.2 Å². The molecule has 0 aliphatic carbocycles. The first-order valence-corrected chi connectivity index (χ1v) is 4.50. The predicted octanol–water partition coefficient (Wildman–Crippen LogP) is 3.64. The van der Waals surface area contributed by atoms with Gasteiger partial charge >= 0.3 is 0 Å². The minimum atomic E-state index is 0.521. The van der Waals surface area contributed by atoms with E-state index in [0.29, 0.717) is 15.9 Å². The maximum absolute atomic E-state index is 5.81. The Bertz CT molecular complexity index is 270. The highest BCUT2D eigenvalue weighted by Crippen LogP contribution is 2.30. The molecule has 0 saturated carbocycles. The van der Waals surface area contributed by atoms with Gasteiger partial charge in [0.2, 0.25) is 0 Å². The molecule has 0 radical (unpaired) electrons. The number of rotatable bonds is 2. The lowest BCUT2D eigenvalue weighted by Gasteiger charge is -1.87. The van der Waals surface area contributed by atoms with E-state index in [1.54, 1.807) is 13.1 Å². The number of hydrogen-bond donors (Lipinski definition) is 0. The highest BCUT2D eigenvalue weighted by atomic mass is 35.5. The third-order valence-corrected chi connectivity index (χ3v) is 2.78. The fourth-order valence-corrected chi connectivity index (χ4v) is 2.10. The molecule has 1 aromatic heterocycles. The van der Waals surface area contributed by atoms with E-state index in [4.69, 9.17) is 23.2 Å². The molecule has 1 heterocycles. The molecule has 0 N–H and O–H groups in total. The molecule has 60 valence electrons. The minimum Gasteiger partial charge on any atom is -0.197 e. The monoisotopic (exact) mass is 208 g/mol. The van der Waals surface area contributed by atoms with Crippen LogP contribution in [0.3, 0.4) is 0 Å². The summed E-state index contributed by atoms with van der Waals surface area (Å²) in [4.78, 5) is 0.960. The summed E-state index contributed by atoms with van der Waals surface area (Å²) in [7, 11) is 1.63. The highest BCUT2D eigenvalue weighted by Gasteiger charge is 2.03. The number of hydrogen-bond acceptors (Lipinski definition) is 3. The van der Waals surface area contributed by atoms with Crippen molar-refractivity contribution in [3.8, 4) is 0 Å². The van der Waals surface area contributed by atoms with Crippen molar-refractivity contribution in [3.63, 3.8) is 0 Å². The van der Waals surface area contributed by atoms with Gasteiger partial charge in [-0.1, -0.05) is 23.2 Å². The van der Waals surface area contributed by atoms with Crippen molar-refractivity contribution in [2.45, 2.75) is 6.54 Å². The van der Waals surface area contributed by atoms with Gasteiger partial charge in [0, 0.05) is 11.9 Å². The van der Waals surface area contributed by atoms with E-state index < -0.39 is 0 Å². The second-order valence-electron chi connectivity index (χ2n) is 1.82. The third-order valence-electron chi connectivity index (χ3n) is 1.08. The van der Waals surface area contributed by atoms with Crippen LogP contribution in [-0.4, -0.2) is 7.05 Å². The molecule has 0 spiro atoms. The maximum Gasteiger partial charge on any atom is 0.0956 e. The Morgan fingerprint density at radius 2 is 2.27 bits per heavy atom. The molecule has 0 amide bonds. The van der Waals surface area contributed by atoms with Crippen molar-refractivity contribution in [2.75, 3.05) is 7.05 Å². The van der Waals surface area contributed by atoms with Crippen molar-refractivity contribution in [1.29, 1.82) is 0 Å². The molecule has 2 nitrogen and oxygen atoms in total. The van der Waals surface area contributed by atoms with Crippen LogP contribution >= 0.6 is 34.5 Å². The van der Waals surface area contributed by atoms with E-state index in [-0.39, 0.29) is 0 Å². The topological polar surface area (TPSA) is 24.7 Å². The fraction of sp³-hybridized carbons (Fsp3) is 0.333. The van der Waals surface area contributed by atoms with Crippen molar-refractivity contribution in [1.82, 2.24) is 0 Å². The fourth-order valence-electron chi connectivity index (χ4n) is 0.619. The van der Waals surface area contributed by atoms with Gasteiger partial charge in [0.05, 0.1) is 15.9 Å². The normalized spacial score (nSPS) is 11.2. The second-order valence-corrected chi connectivity index (χ2v) is 4.00. The molecule has 1 rings (SSSR count). The molecule has 0 bridgehead atoms. The van der Waals surface area contributed by atoms with Crippen molar-refractivity contribution < 1.29 is 0 Å². The zero-order chi connectivity index (χ0) is 8.27. The van der Waals surface area contributed by atoms with Crippen LogP contribution in [0.1, 0.15) is 4.88 Å². The summed E-state index contributed by atoms with van der Waals surface area (Å²) in [5, 5.41) is 8.09. The Balaban J connectivity index is 2.77. The van der Waals surface area contributed by atoms with Gasteiger partial charge in [-0.15, -0.1) is 11.3 Å².